The van der Waals surface area contributed by atoms with E-state index in [0.29, 0.717) is 18.7 Å². The van der Waals surface area contributed by atoms with E-state index in [1.54, 1.807) is 18.6 Å². The molecule has 1 aromatic carbocycles. The Labute approximate surface area is 121 Å². The van der Waals surface area contributed by atoms with Gasteiger partial charge in [0.25, 0.3) is 0 Å². The monoisotopic (exact) mass is 297 g/mol. The van der Waals surface area contributed by atoms with Gasteiger partial charge in [-0.1, -0.05) is 25.1 Å². The largest absolute Gasteiger partial charge is 0.416 e. The minimum atomic E-state index is -4.30. The van der Waals surface area contributed by atoms with E-state index in [-0.39, 0.29) is 0 Å². The van der Waals surface area contributed by atoms with Gasteiger partial charge in [0.1, 0.15) is 0 Å². The summed E-state index contributed by atoms with van der Waals surface area (Å²) in [6.45, 7) is 3.94. The van der Waals surface area contributed by atoms with Crippen molar-refractivity contribution in [2.45, 2.75) is 39.2 Å². The lowest BCUT2D eigenvalue weighted by molar-refractivity contribution is -0.137. The number of nitrogens with one attached hydrogen (secondary N) is 1. The predicted octanol–water partition coefficient (Wildman–Crippen LogP) is 3.60. The number of hydrogen-bond acceptors (Lipinski definition) is 2. The summed E-state index contributed by atoms with van der Waals surface area (Å²) in [6, 6.07) is 5.38. The fourth-order valence-electron chi connectivity index (χ4n) is 2.13. The first-order valence-electron chi connectivity index (χ1n) is 6.86. The molecule has 21 heavy (non-hydrogen) atoms. The van der Waals surface area contributed by atoms with Crippen molar-refractivity contribution < 1.29 is 13.2 Å². The molecule has 1 heterocycles. The molecule has 0 saturated heterocycles. The molecule has 114 valence electrons. The highest BCUT2D eigenvalue weighted by atomic mass is 19.4. The SMILES string of the molecule is CCCn1cncc1CNCc1cccc(C(F)(F)F)c1. The maximum atomic E-state index is 12.6. The van der Waals surface area contributed by atoms with E-state index >= 15 is 0 Å². The average Bonchev–Trinajstić information content (AvgIpc) is 2.86. The second kappa shape index (κ2) is 6.76. The highest BCUT2D eigenvalue weighted by molar-refractivity contribution is 5.25. The van der Waals surface area contributed by atoms with Crippen molar-refractivity contribution in [1.29, 1.82) is 0 Å². The molecule has 2 rings (SSSR count). The predicted molar refractivity (Wildman–Crippen MR) is 74.5 cm³/mol. The lowest BCUT2D eigenvalue weighted by Gasteiger charge is -2.10. The average molecular weight is 297 g/mol. The van der Waals surface area contributed by atoms with Crippen LogP contribution in [0.5, 0.6) is 0 Å². The maximum Gasteiger partial charge on any atom is 0.416 e. The number of halogens is 3. The first-order valence-corrected chi connectivity index (χ1v) is 6.86. The van der Waals surface area contributed by atoms with Crippen molar-refractivity contribution in [3.63, 3.8) is 0 Å². The van der Waals surface area contributed by atoms with Gasteiger partial charge < -0.3 is 9.88 Å². The number of rotatable bonds is 6. The van der Waals surface area contributed by atoms with Gasteiger partial charge in [0.2, 0.25) is 0 Å². The minimum absolute atomic E-state index is 0.390. The van der Waals surface area contributed by atoms with Crippen LogP contribution in [-0.2, 0) is 25.8 Å². The van der Waals surface area contributed by atoms with Crippen LogP contribution in [0.1, 0.15) is 30.2 Å². The summed E-state index contributed by atoms with van der Waals surface area (Å²) in [6.07, 6.45) is 0.256. The molecule has 0 amide bonds. The summed E-state index contributed by atoms with van der Waals surface area (Å²) in [4.78, 5) is 4.09. The number of aryl methyl sites for hydroxylation is 1. The number of aromatic nitrogens is 2. The van der Waals surface area contributed by atoms with Crippen LogP contribution in [0, 0.1) is 0 Å². The Morgan fingerprint density at radius 2 is 2.05 bits per heavy atom. The molecule has 1 aromatic heterocycles. The zero-order chi connectivity index (χ0) is 15.3. The fourth-order valence-corrected chi connectivity index (χ4v) is 2.13. The normalized spacial score (nSPS) is 11.8. The summed E-state index contributed by atoms with van der Waals surface area (Å²) in [5, 5.41) is 3.15. The highest BCUT2D eigenvalue weighted by Gasteiger charge is 2.30. The molecule has 0 saturated carbocycles. The van der Waals surface area contributed by atoms with Crippen LogP contribution in [-0.4, -0.2) is 9.55 Å². The quantitative estimate of drug-likeness (QED) is 0.883. The Hall–Kier alpha value is -1.82. The zero-order valence-corrected chi connectivity index (χ0v) is 11.8. The van der Waals surface area contributed by atoms with E-state index in [1.165, 1.54) is 12.1 Å². The molecule has 0 spiro atoms. The smallest absolute Gasteiger partial charge is 0.333 e. The maximum absolute atomic E-state index is 12.6. The summed E-state index contributed by atoms with van der Waals surface area (Å²) in [5.41, 5.74) is 1.04. The van der Waals surface area contributed by atoms with Gasteiger partial charge in [0.15, 0.2) is 0 Å². The molecule has 0 aliphatic carbocycles. The molecular formula is C15H18F3N3. The van der Waals surface area contributed by atoms with Crippen molar-refractivity contribution in [2.24, 2.45) is 0 Å². The first-order chi connectivity index (χ1) is 10.0. The molecule has 0 aliphatic rings. The summed E-state index contributed by atoms with van der Waals surface area (Å²) >= 11 is 0. The Bertz CT molecular complexity index is 576. The van der Waals surface area contributed by atoms with Crippen molar-refractivity contribution in [3.05, 3.63) is 53.6 Å². The van der Waals surface area contributed by atoms with Crippen LogP contribution < -0.4 is 5.32 Å². The lowest BCUT2D eigenvalue weighted by Crippen LogP contribution is -2.16. The van der Waals surface area contributed by atoms with Gasteiger partial charge in [0.05, 0.1) is 17.6 Å². The van der Waals surface area contributed by atoms with Gasteiger partial charge in [-0.15, -0.1) is 0 Å². The fraction of sp³-hybridized carbons (Fsp3) is 0.400. The minimum Gasteiger partial charge on any atom is -0.333 e. The van der Waals surface area contributed by atoms with Crippen LogP contribution >= 0.6 is 0 Å². The summed E-state index contributed by atoms with van der Waals surface area (Å²) in [7, 11) is 0. The molecule has 0 aliphatic heterocycles. The standard InChI is InChI=1S/C15H18F3N3/c1-2-6-21-11-20-10-14(21)9-19-8-12-4-3-5-13(7-12)15(16,17)18/h3-5,7,10-11,19H,2,6,8-9H2,1H3. The van der Waals surface area contributed by atoms with E-state index in [9.17, 15) is 13.2 Å². The number of hydrogen-bond donors (Lipinski definition) is 1. The number of alkyl halides is 3. The van der Waals surface area contributed by atoms with Crippen LogP contribution in [0.2, 0.25) is 0 Å². The molecule has 0 bridgehead atoms. The van der Waals surface area contributed by atoms with E-state index in [2.05, 4.69) is 17.2 Å². The highest BCUT2D eigenvalue weighted by Crippen LogP contribution is 2.29. The van der Waals surface area contributed by atoms with Gasteiger partial charge in [0, 0.05) is 25.8 Å². The van der Waals surface area contributed by atoms with Crippen molar-refractivity contribution in [3.8, 4) is 0 Å². The van der Waals surface area contributed by atoms with E-state index in [1.807, 2.05) is 4.57 Å². The molecule has 0 radical (unpaired) electrons. The molecule has 6 heteroatoms. The van der Waals surface area contributed by atoms with Gasteiger partial charge in [-0.3, -0.25) is 0 Å². The van der Waals surface area contributed by atoms with Crippen LogP contribution in [0.4, 0.5) is 13.2 Å². The van der Waals surface area contributed by atoms with Gasteiger partial charge in [-0.2, -0.15) is 13.2 Å². The number of nitrogens with zero attached hydrogens (tertiary/aromatic N) is 2. The van der Waals surface area contributed by atoms with Crippen LogP contribution in [0.25, 0.3) is 0 Å². The summed E-state index contributed by atoms with van der Waals surface area (Å²) in [5.74, 6) is 0. The first kappa shape index (κ1) is 15.6. The number of benzene rings is 1. The van der Waals surface area contributed by atoms with Gasteiger partial charge in [-0.25, -0.2) is 4.98 Å². The Morgan fingerprint density at radius 1 is 1.24 bits per heavy atom. The van der Waals surface area contributed by atoms with Crippen molar-refractivity contribution in [1.82, 2.24) is 14.9 Å². The topological polar surface area (TPSA) is 29.9 Å². The molecule has 0 unspecified atom stereocenters. The third kappa shape index (κ3) is 4.32. The Morgan fingerprint density at radius 3 is 2.76 bits per heavy atom. The van der Waals surface area contributed by atoms with Crippen molar-refractivity contribution >= 4 is 0 Å². The van der Waals surface area contributed by atoms with E-state index in [0.717, 1.165) is 24.7 Å². The van der Waals surface area contributed by atoms with E-state index in [4.69, 9.17) is 0 Å². The van der Waals surface area contributed by atoms with Crippen molar-refractivity contribution in [2.75, 3.05) is 0 Å². The Kier molecular flexibility index (Phi) is 5.01. The molecular weight excluding hydrogens is 279 g/mol. The lowest BCUT2D eigenvalue weighted by atomic mass is 10.1. The summed E-state index contributed by atoms with van der Waals surface area (Å²) < 4.78 is 39.9. The third-order valence-electron chi connectivity index (χ3n) is 3.15. The third-order valence-corrected chi connectivity index (χ3v) is 3.15. The molecule has 3 nitrogen and oxygen atoms in total. The molecule has 2 aromatic rings. The second-order valence-electron chi connectivity index (χ2n) is 4.88. The Balaban J connectivity index is 1.93. The second-order valence-corrected chi connectivity index (χ2v) is 4.88. The van der Waals surface area contributed by atoms with Crippen LogP contribution in [0.3, 0.4) is 0 Å². The van der Waals surface area contributed by atoms with Gasteiger partial charge >= 0.3 is 6.18 Å². The molecule has 0 fully saturated rings. The number of imidazole rings is 1. The molecule has 1 N–H and O–H groups in total. The molecule has 0 atom stereocenters. The van der Waals surface area contributed by atoms with Crippen LogP contribution in [0.15, 0.2) is 36.8 Å². The van der Waals surface area contributed by atoms with Gasteiger partial charge in [-0.05, 0) is 18.1 Å². The zero-order valence-electron chi connectivity index (χ0n) is 11.8. The van der Waals surface area contributed by atoms with E-state index < -0.39 is 11.7 Å².